The third-order valence-electron chi connectivity index (χ3n) is 4.27. The van der Waals surface area contributed by atoms with Crippen LogP contribution in [0.1, 0.15) is 17.9 Å². The van der Waals surface area contributed by atoms with E-state index in [1.807, 2.05) is 17.8 Å². The van der Waals surface area contributed by atoms with Crippen LogP contribution in [-0.4, -0.2) is 49.1 Å². The molecule has 0 bridgehead atoms. The molecule has 1 aromatic rings. The van der Waals surface area contributed by atoms with E-state index in [1.54, 1.807) is 7.11 Å². The van der Waals surface area contributed by atoms with Crippen molar-refractivity contribution in [3.8, 4) is 5.75 Å². The minimum atomic E-state index is 0.619. The summed E-state index contributed by atoms with van der Waals surface area (Å²) in [6.07, 6.45) is 1.21. The number of benzene rings is 1. The molecule has 1 aliphatic heterocycles. The SMILES string of the molecule is COc1cccc([C@@H]2C[C@H]2CN=C(N)N2CCSCC2)c1. The molecule has 1 heterocycles. The van der Waals surface area contributed by atoms with Gasteiger partial charge in [0.2, 0.25) is 0 Å². The molecule has 114 valence electrons. The second-order valence-corrected chi connectivity index (χ2v) is 6.90. The van der Waals surface area contributed by atoms with Crippen LogP contribution in [0.15, 0.2) is 29.3 Å². The average Bonchev–Trinajstić information content (AvgIpc) is 3.33. The predicted octanol–water partition coefficient (Wildman–Crippen LogP) is 2.16. The molecule has 5 heteroatoms. The summed E-state index contributed by atoms with van der Waals surface area (Å²) in [5, 5.41) is 0. The summed E-state index contributed by atoms with van der Waals surface area (Å²) in [5.74, 6) is 5.24. The standard InChI is InChI=1S/C16H23N3OS/c1-20-14-4-2-3-12(9-14)15-10-13(15)11-18-16(17)19-5-7-21-8-6-19/h2-4,9,13,15H,5-8,10-11H2,1H3,(H2,17,18)/t13-,15-/m0/s1. The Morgan fingerprint density at radius 2 is 2.24 bits per heavy atom. The molecule has 0 spiro atoms. The summed E-state index contributed by atoms with van der Waals surface area (Å²) in [6, 6.07) is 8.37. The lowest BCUT2D eigenvalue weighted by Crippen LogP contribution is -2.42. The monoisotopic (exact) mass is 305 g/mol. The van der Waals surface area contributed by atoms with Crippen molar-refractivity contribution < 1.29 is 4.74 Å². The number of thioether (sulfide) groups is 1. The van der Waals surface area contributed by atoms with E-state index in [-0.39, 0.29) is 0 Å². The van der Waals surface area contributed by atoms with Gasteiger partial charge in [0.05, 0.1) is 7.11 Å². The zero-order valence-electron chi connectivity index (χ0n) is 12.5. The lowest BCUT2D eigenvalue weighted by atomic mass is 10.1. The number of guanidine groups is 1. The highest BCUT2D eigenvalue weighted by Crippen LogP contribution is 2.48. The van der Waals surface area contributed by atoms with Gasteiger partial charge in [0.15, 0.2) is 5.96 Å². The van der Waals surface area contributed by atoms with E-state index in [0.717, 1.165) is 42.8 Å². The Morgan fingerprint density at radius 3 is 3.00 bits per heavy atom. The molecule has 0 radical (unpaired) electrons. The summed E-state index contributed by atoms with van der Waals surface area (Å²) in [5.41, 5.74) is 7.46. The molecule has 0 aromatic heterocycles. The Bertz CT molecular complexity index is 514. The number of nitrogens with two attached hydrogens (primary N) is 1. The van der Waals surface area contributed by atoms with Gasteiger partial charge >= 0.3 is 0 Å². The summed E-state index contributed by atoms with van der Waals surface area (Å²) >= 11 is 1.99. The maximum atomic E-state index is 6.10. The second-order valence-electron chi connectivity index (χ2n) is 5.68. The molecule has 2 fully saturated rings. The third kappa shape index (κ3) is 3.64. The molecule has 2 aliphatic rings. The Morgan fingerprint density at radius 1 is 1.43 bits per heavy atom. The van der Waals surface area contributed by atoms with Crippen LogP contribution < -0.4 is 10.5 Å². The van der Waals surface area contributed by atoms with E-state index in [1.165, 1.54) is 12.0 Å². The number of ether oxygens (including phenoxy) is 1. The van der Waals surface area contributed by atoms with Gasteiger partial charge in [-0.05, 0) is 36.0 Å². The average molecular weight is 305 g/mol. The van der Waals surface area contributed by atoms with Gasteiger partial charge in [0.25, 0.3) is 0 Å². The van der Waals surface area contributed by atoms with Crippen molar-refractivity contribution >= 4 is 17.7 Å². The molecule has 1 saturated heterocycles. The van der Waals surface area contributed by atoms with Crippen LogP contribution >= 0.6 is 11.8 Å². The first kappa shape index (κ1) is 14.6. The summed E-state index contributed by atoms with van der Waals surface area (Å²) in [6.45, 7) is 2.91. The second kappa shape index (κ2) is 6.60. The third-order valence-corrected chi connectivity index (χ3v) is 5.21. The van der Waals surface area contributed by atoms with Crippen LogP contribution in [0.2, 0.25) is 0 Å². The molecule has 0 unspecified atom stereocenters. The molecule has 1 aliphatic carbocycles. The fourth-order valence-electron chi connectivity index (χ4n) is 2.83. The Labute approximate surface area is 130 Å². The smallest absolute Gasteiger partial charge is 0.191 e. The van der Waals surface area contributed by atoms with E-state index in [9.17, 15) is 0 Å². The number of nitrogens with zero attached hydrogens (tertiary/aromatic N) is 2. The zero-order valence-corrected chi connectivity index (χ0v) is 13.3. The lowest BCUT2D eigenvalue weighted by molar-refractivity contribution is 0.414. The van der Waals surface area contributed by atoms with E-state index in [0.29, 0.717) is 11.8 Å². The van der Waals surface area contributed by atoms with E-state index < -0.39 is 0 Å². The molecule has 0 amide bonds. The number of aliphatic imine (C=N–C) groups is 1. The molecule has 1 saturated carbocycles. The fraction of sp³-hybridized carbons (Fsp3) is 0.562. The van der Waals surface area contributed by atoms with Crippen molar-refractivity contribution in [2.24, 2.45) is 16.6 Å². The van der Waals surface area contributed by atoms with Crippen LogP contribution in [0.25, 0.3) is 0 Å². The highest BCUT2D eigenvalue weighted by molar-refractivity contribution is 7.99. The number of hydrogen-bond donors (Lipinski definition) is 1. The molecule has 2 N–H and O–H groups in total. The Hall–Kier alpha value is -1.36. The van der Waals surface area contributed by atoms with Crippen molar-refractivity contribution in [2.75, 3.05) is 38.2 Å². The maximum absolute atomic E-state index is 6.10. The molecule has 4 nitrogen and oxygen atoms in total. The van der Waals surface area contributed by atoms with Gasteiger partial charge in [0.1, 0.15) is 5.75 Å². The largest absolute Gasteiger partial charge is 0.497 e. The normalized spacial score (nSPS) is 25.8. The van der Waals surface area contributed by atoms with Crippen LogP contribution in [0.5, 0.6) is 5.75 Å². The fourth-order valence-corrected chi connectivity index (χ4v) is 3.74. The minimum absolute atomic E-state index is 0.619. The van der Waals surface area contributed by atoms with E-state index in [4.69, 9.17) is 10.5 Å². The summed E-state index contributed by atoms with van der Waals surface area (Å²) < 4.78 is 5.29. The van der Waals surface area contributed by atoms with Gasteiger partial charge < -0.3 is 15.4 Å². The minimum Gasteiger partial charge on any atom is -0.497 e. The summed E-state index contributed by atoms with van der Waals surface area (Å²) in [7, 11) is 1.71. The van der Waals surface area contributed by atoms with Gasteiger partial charge in [-0.2, -0.15) is 11.8 Å². The molecule has 21 heavy (non-hydrogen) atoms. The first-order valence-electron chi connectivity index (χ1n) is 7.54. The van der Waals surface area contributed by atoms with Crippen LogP contribution in [0.4, 0.5) is 0 Å². The molecule has 1 aromatic carbocycles. The molecular weight excluding hydrogens is 282 g/mol. The molecule has 2 atom stereocenters. The van der Waals surface area contributed by atoms with Crippen LogP contribution in [-0.2, 0) is 0 Å². The Kier molecular flexibility index (Phi) is 4.58. The quantitative estimate of drug-likeness (QED) is 0.684. The van der Waals surface area contributed by atoms with Gasteiger partial charge in [-0.3, -0.25) is 4.99 Å². The van der Waals surface area contributed by atoms with Gasteiger partial charge in [-0.25, -0.2) is 0 Å². The number of hydrogen-bond acceptors (Lipinski definition) is 3. The van der Waals surface area contributed by atoms with Crippen molar-refractivity contribution in [1.82, 2.24) is 4.90 Å². The summed E-state index contributed by atoms with van der Waals surface area (Å²) in [4.78, 5) is 6.82. The lowest BCUT2D eigenvalue weighted by Gasteiger charge is -2.27. The van der Waals surface area contributed by atoms with E-state index in [2.05, 4.69) is 28.1 Å². The van der Waals surface area contributed by atoms with Crippen LogP contribution in [0, 0.1) is 5.92 Å². The predicted molar refractivity (Wildman–Crippen MR) is 89.2 cm³/mol. The number of methoxy groups -OCH3 is 1. The first-order valence-corrected chi connectivity index (χ1v) is 8.70. The van der Waals surface area contributed by atoms with Crippen LogP contribution in [0.3, 0.4) is 0 Å². The Balaban J connectivity index is 1.53. The van der Waals surface area contributed by atoms with E-state index >= 15 is 0 Å². The van der Waals surface area contributed by atoms with Crippen molar-refractivity contribution in [1.29, 1.82) is 0 Å². The number of rotatable bonds is 4. The molecule has 3 rings (SSSR count). The zero-order chi connectivity index (χ0) is 14.7. The van der Waals surface area contributed by atoms with Gasteiger partial charge in [0, 0.05) is 31.1 Å². The first-order chi connectivity index (χ1) is 10.3. The highest BCUT2D eigenvalue weighted by atomic mass is 32.2. The van der Waals surface area contributed by atoms with Crippen molar-refractivity contribution in [2.45, 2.75) is 12.3 Å². The van der Waals surface area contributed by atoms with Crippen molar-refractivity contribution in [3.05, 3.63) is 29.8 Å². The maximum Gasteiger partial charge on any atom is 0.191 e. The highest BCUT2D eigenvalue weighted by Gasteiger charge is 2.38. The topological polar surface area (TPSA) is 50.9 Å². The van der Waals surface area contributed by atoms with Crippen molar-refractivity contribution in [3.63, 3.8) is 0 Å². The molecular formula is C16H23N3OS. The van der Waals surface area contributed by atoms with Gasteiger partial charge in [-0.15, -0.1) is 0 Å². The van der Waals surface area contributed by atoms with Gasteiger partial charge in [-0.1, -0.05) is 12.1 Å².